The van der Waals surface area contributed by atoms with E-state index < -0.39 is 5.92 Å². The molecule has 2 aromatic heterocycles. The monoisotopic (exact) mass is 580 g/mol. The van der Waals surface area contributed by atoms with Crippen molar-refractivity contribution in [3.05, 3.63) is 89.1 Å². The molecule has 2 aliphatic heterocycles. The number of nitrogens with one attached hydrogen (secondary N) is 2. The van der Waals surface area contributed by atoms with Crippen molar-refractivity contribution in [1.82, 2.24) is 30.1 Å². The van der Waals surface area contributed by atoms with E-state index in [1.165, 1.54) is 6.33 Å². The number of nitrogens with zero attached hydrogens (tertiary/aromatic N) is 4. The summed E-state index contributed by atoms with van der Waals surface area (Å²) >= 11 is 0. The van der Waals surface area contributed by atoms with E-state index in [1.54, 1.807) is 18.7 Å². The van der Waals surface area contributed by atoms with Crippen molar-refractivity contribution in [1.29, 1.82) is 0 Å². The van der Waals surface area contributed by atoms with Crippen LogP contribution in [0.25, 0.3) is 10.9 Å². The fraction of sp³-hybridized carbons (Fsp3) is 0.364. The molecule has 2 aromatic carbocycles. The number of carbonyl (C=O) groups excluding carboxylic acids is 3. The third kappa shape index (κ3) is 5.95. The van der Waals surface area contributed by atoms with E-state index in [-0.39, 0.29) is 30.1 Å². The van der Waals surface area contributed by atoms with Crippen molar-refractivity contribution >= 4 is 28.6 Å². The van der Waals surface area contributed by atoms with E-state index >= 15 is 0 Å². The molecule has 2 bridgehead atoms. The lowest BCUT2D eigenvalue weighted by Crippen LogP contribution is -2.40. The number of H-pyrrole nitrogens is 1. The number of benzene rings is 2. The van der Waals surface area contributed by atoms with Crippen molar-refractivity contribution in [2.24, 2.45) is 5.92 Å². The van der Waals surface area contributed by atoms with Crippen molar-refractivity contribution < 1.29 is 19.1 Å². The Hall–Kier alpha value is -4.73. The molecule has 3 amide bonds. The number of rotatable bonds is 3. The smallest absolute Gasteiger partial charge is 0.257 e. The number of para-hydroxylation sites is 1. The molecular weight excluding hydrogens is 544 g/mol. The average molecular weight is 581 g/mol. The minimum Gasteiger partial charge on any atom is -0.492 e. The first-order valence-corrected chi connectivity index (χ1v) is 14.8. The zero-order chi connectivity index (χ0) is 29.9. The second kappa shape index (κ2) is 12.2. The van der Waals surface area contributed by atoms with Crippen molar-refractivity contribution in [2.75, 3.05) is 39.3 Å². The normalized spacial score (nSPS) is 19.3. The summed E-state index contributed by atoms with van der Waals surface area (Å²) in [6.45, 7) is 6.02. The Kier molecular flexibility index (Phi) is 8.09. The Morgan fingerprint density at radius 3 is 2.60 bits per heavy atom. The molecule has 1 fully saturated rings. The van der Waals surface area contributed by atoms with E-state index in [0.717, 1.165) is 22.0 Å². The van der Waals surface area contributed by atoms with Gasteiger partial charge in [0, 0.05) is 49.2 Å². The van der Waals surface area contributed by atoms with Crippen LogP contribution in [0.2, 0.25) is 0 Å². The number of hydrogen-bond donors (Lipinski definition) is 2. The summed E-state index contributed by atoms with van der Waals surface area (Å²) in [6, 6.07) is 15.7. The molecule has 0 saturated carbocycles. The average Bonchev–Trinajstić information content (AvgIpc) is 3.63. The number of ether oxygens (including phenoxy) is 1. The van der Waals surface area contributed by atoms with Gasteiger partial charge in [-0.05, 0) is 49.6 Å². The molecule has 0 unspecified atom stereocenters. The molecule has 2 aliphatic rings. The van der Waals surface area contributed by atoms with E-state index in [4.69, 9.17) is 4.74 Å². The van der Waals surface area contributed by atoms with Gasteiger partial charge in [0.15, 0.2) is 0 Å². The van der Waals surface area contributed by atoms with Gasteiger partial charge in [-0.3, -0.25) is 14.4 Å². The van der Waals surface area contributed by atoms with E-state index in [9.17, 15) is 14.4 Å². The molecule has 4 aromatic rings. The maximum atomic E-state index is 13.6. The summed E-state index contributed by atoms with van der Waals surface area (Å²) in [5.41, 5.74) is 4.64. The second-order valence-corrected chi connectivity index (χ2v) is 11.3. The van der Waals surface area contributed by atoms with Crippen LogP contribution in [-0.2, 0) is 16.0 Å². The summed E-state index contributed by atoms with van der Waals surface area (Å²) in [7, 11) is 0. The predicted molar refractivity (Wildman–Crippen MR) is 162 cm³/mol. The van der Waals surface area contributed by atoms with Crippen LogP contribution in [0.15, 0.2) is 61.1 Å². The SMILES string of the molecule is Cc1ncnc(C)c1C(=O)N1C[C@@H]2C(=O)NCCCN(C(=O)Cc3c[nH]c4ccccc34)CCOc3cccc(c3)[C@H]2C1. The van der Waals surface area contributed by atoms with Gasteiger partial charge in [0.25, 0.3) is 5.91 Å². The maximum absolute atomic E-state index is 13.6. The number of carbonyl (C=O) groups is 3. The highest BCUT2D eigenvalue weighted by Gasteiger charge is 2.41. The topological polar surface area (TPSA) is 121 Å². The third-order valence-electron chi connectivity index (χ3n) is 8.57. The second-order valence-electron chi connectivity index (χ2n) is 11.3. The number of aromatic amines is 1. The fourth-order valence-corrected chi connectivity index (χ4v) is 6.27. The van der Waals surface area contributed by atoms with Crippen LogP contribution >= 0.6 is 0 Å². The fourth-order valence-electron chi connectivity index (χ4n) is 6.27. The molecule has 6 rings (SSSR count). The van der Waals surface area contributed by atoms with Gasteiger partial charge in [-0.15, -0.1) is 0 Å². The van der Waals surface area contributed by atoms with Gasteiger partial charge in [0.2, 0.25) is 11.8 Å². The van der Waals surface area contributed by atoms with Crippen molar-refractivity contribution in [3.8, 4) is 5.75 Å². The molecule has 10 heteroatoms. The Labute approximate surface area is 250 Å². The van der Waals surface area contributed by atoms with Crippen LogP contribution in [0.5, 0.6) is 5.75 Å². The van der Waals surface area contributed by atoms with Crippen molar-refractivity contribution in [3.63, 3.8) is 0 Å². The van der Waals surface area contributed by atoms with Crippen LogP contribution in [0.3, 0.4) is 0 Å². The lowest BCUT2D eigenvalue weighted by atomic mass is 9.88. The lowest BCUT2D eigenvalue weighted by molar-refractivity contribution is -0.130. The maximum Gasteiger partial charge on any atom is 0.257 e. The van der Waals surface area contributed by atoms with Crippen LogP contribution in [0, 0.1) is 19.8 Å². The quantitative estimate of drug-likeness (QED) is 0.383. The molecule has 0 spiro atoms. The predicted octanol–water partition coefficient (Wildman–Crippen LogP) is 3.40. The molecule has 43 heavy (non-hydrogen) atoms. The third-order valence-corrected chi connectivity index (χ3v) is 8.57. The van der Waals surface area contributed by atoms with Gasteiger partial charge in [-0.1, -0.05) is 30.3 Å². The summed E-state index contributed by atoms with van der Waals surface area (Å²) in [5.74, 6) is -0.183. The van der Waals surface area contributed by atoms with Gasteiger partial charge in [-0.2, -0.15) is 0 Å². The summed E-state index contributed by atoms with van der Waals surface area (Å²) in [4.78, 5) is 55.8. The van der Waals surface area contributed by atoms with Crippen LogP contribution in [-0.4, -0.2) is 81.8 Å². The van der Waals surface area contributed by atoms with E-state index in [0.29, 0.717) is 68.5 Å². The molecule has 222 valence electrons. The zero-order valence-electron chi connectivity index (χ0n) is 24.5. The summed E-state index contributed by atoms with van der Waals surface area (Å²) in [6.07, 6.45) is 4.25. The van der Waals surface area contributed by atoms with Gasteiger partial charge < -0.3 is 24.8 Å². The standard InChI is InChI=1S/C33H36N6O4/c1-21-31(22(2)37-20-36-21)33(42)39-18-27-23-7-5-8-25(15-23)43-14-13-38(12-6-11-34-32(41)28(27)19-39)30(40)16-24-17-35-29-10-4-3-9-26(24)29/h3-5,7-10,15,17,20,27-28,35H,6,11-14,16,18-19H2,1-2H3,(H,34,41)/t27-,28+/m1/s1. The number of fused-ring (bicyclic) bond motifs is 5. The molecule has 1 saturated heterocycles. The number of likely N-dealkylation sites (tertiary alicyclic amines) is 1. The van der Waals surface area contributed by atoms with Gasteiger partial charge in [0.1, 0.15) is 18.7 Å². The molecule has 2 N–H and O–H groups in total. The first-order valence-electron chi connectivity index (χ1n) is 14.8. The number of aryl methyl sites for hydroxylation is 2. The first kappa shape index (κ1) is 28.4. The largest absolute Gasteiger partial charge is 0.492 e. The number of hydrogen-bond acceptors (Lipinski definition) is 6. The summed E-state index contributed by atoms with van der Waals surface area (Å²) in [5, 5.41) is 4.13. The molecule has 0 radical (unpaired) electrons. The van der Waals surface area contributed by atoms with Gasteiger partial charge >= 0.3 is 0 Å². The van der Waals surface area contributed by atoms with Crippen LogP contribution in [0.1, 0.15) is 45.2 Å². The summed E-state index contributed by atoms with van der Waals surface area (Å²) < 4.78 is 6.13. The highest BCUT2D eigenvalue weighted by molar-refractivity contribution is 5.97. The number of amides is 3. The van der Waals surface area contributed by atoms with Crippen molar-refractivity contribution in [2.45, 2.75) is 32.6 Å². The molecule has 2 atom stereocenters. The van der Waals surface area contributed by atoms with Crippen LogP contribution in [0.4, 0.5) is 0 Å². The first-order chi connectivity index (χ1) is 20.9. The number of aromatic nitrogens is 3. The highest BCUT2D eigenvalue weighted by atomic mass is 16.5. The molecule has 10 nitrogen and oxygen atoms in total. The van der Waals surface area contributed by atoms with E-state index in [1.807, 2.05) is 59.6 Å². The minimum absolute atomic E-state index is 0.0148. The van der Waals surface area contributed by atoms with Gasteiger partial charge in [-0.25, -0.2) is 9.97 Å². The minimum atomic E-state index is -0.424. The van der Waals surface area contributed by atoms with E-state index in [2.05, 4.69) is 20.3 Å². The lowest BCUT2D eigenvalue weighted by Gasteiger charge is -2.24. The highest BCUT2D eigenvalue weighted by Crippen LogP contribution is 2.35. The Morgan fingerprint density at radius 2 is 1.77 bits per heavy atom. The molecule has 0 aliphatic carbocycles. The van der Waals surface area contributed by atoms with Gasteiger partial charge in [0.05, 0.1) is 35.8 Å². The Balaban J connectivity index is 1.19. The zero-order valence-corrected chi connectivity index (χ0v) is 24.5. The Morgan fingerprint density at radius 1 is 0.977 bits per heavy atom. The Bertz CT molecular complexity index is 1650. The van der Waals surface area contributed by atoms with Crippen LogP contribution < -0.4 is 10.1 Å². The molecular formula is C33H36N6O4. The molecule has 4 heterocycles.